The van der Waals surface area contributed by atoms with Crippen LogP contribution in [0.5, 0.6) is 5.75 Å². The SMILES string of the molecule is CCCO[C@@](C)(CC)C(=O)Nc1ccc(OC(C)C)c(C)c1. The molecule has 0 saturated carbocycles. The van der Waals surface area contributed by atoms with E-state index < -0.39 is 5.60 Å². The number of carbonyl (C=O) groups excluding carboxylic acids is 1. The van der Waals surface area contributed by atoms with Gasteiger partial charge in [-0.25, -0.2) is 0 Å². The van der Waals surface area contributed by atoms with Crippen molar-refractivity contribution >= 4 is 11.6 Å². The van der Waals surface area contributed by atoms with E-state index in [1.54, 1.807) is 0 Å². The van der Waals surface area contributed by atoms with Crippen molar-refractivity contribution in [1.82, 2.24) is 0 Å². The summed E-state index contributed by atoms with van der Waals surface area (Å²) < 4.78 is 11.4. The molecule has 4 heteroatoms. The average molecular weight is 307 g/mol. The topological polar surface area (TPSA) is 47.6 Å². The van der Waals surface area contributed by atoms with E-state index in [1.807, 2.05) is 59.7 Å². The number of hydrogen-bond donors (Lipinski definition) is 1. The quantitative estimate of drug-likeness (QED) is 0.778. The van der Waals surface area contributed by atoms with E-state index in [-0.39, 0.29) is 12.0 Å². The van der Waals surface area contributed by atoms with Crippen LogP contribution in [0.2, 0.25) is 0 Å². The molecule has 1 N–H and O–H groups in total. The lowest BCUT2D eigenvalue weighted by molar-refractivity contribution is -0.139. The highest BCUT2D eigenvalue weighted by Crippen LogP contribution is 2.25. The van der Waals surface area contributed by atoms with E-state index in [1.165, 1.54) is 0 Å². The number of hydrogen-bond acceptors (Lipinski definition) is 3. The molecule has 1 amide bonds. The van der Waals surface area contributed by atoms with Crippen molar-refractivity contribution < 1.29 is 14.3 Å². The molecule has 0 bridgehead atoms. The third-order valence-corrected chi connectivity index (χ3v) is 3.58. The Bertz CT molecular complexity index is 499. The second-order valence-corrected chi connectivity index (χ2v) is 6.03. The smallest absolute Gasteiger partial charge is 0.256 e. The summed E-state index contributed by atoms with van der Waals surface area (Å²) >= 11 is 0. The molecule has 0 aliphatic carbocycles. The van der Waals surface area contributed by atoms with E-state index in [4.69, 9.17) is 9.47 Å². The lowest BCUT2D eigenvalue weighted by atomic mass is 10.0. The largest absolute Gasteiger partial charge is 0.491 e. The van der Waals surface area contributed by atoms with Gasteiger partial charge in [-0.2, -0.15) is 0 Å². The van der Waals surface area contributed by atoms with Gasteiger partial charge >= 0.3 is 0 Å². The van der Waals surface area contributed by atoms with Gasteiger partial charge in [-0.1, -0.05) is 13.8 Å². The first-order chi connectivity index (χ1) is 10.3. The van der Waals surface area contributed by atoms with Crippen LogP contribution >= 0.6 is 0 Å². The Kier molecular flexibility index (Phi) is 6.88. The van der Waals surface area contributed by atoms with E-state index in [9.17, 15) is 4.79 Å². The van der Waals surface area contributed by atoms with Crippen molar-refractivity contribution in [3.8, 4) is 5.75 Å². The zero-order chi connectivity index (χ0) is 16.8. The molecule has 0 radical (unpaired) electrons. The molecule has 1 rings (SSSR count). The Morgan fingerprint density at radius 3 is 2.50 bits per heavy atom. The van der Waals surface area contributed by atoms with E-state index >= 15 is 0 Å². The number of nitrogens with one attached hydrogen (secondary N) is 1. The number of benzene rings is 1. The van der Waals surface area contributed by atoms with Crippen LogP contribution in [-0.4, -0.2) is 24.2 Å². The van der Waals surface area contributed by atoms with Crippen LogP contribution < -0.4 is 10.1 Å². The standard InChI is InChI=1S/C18H29NO3/c1-7-11-21-18(6,8-2)17(20)19-15-9-10-16(14(5)12-15)22-13(3)4/h9-10,12-13H,7-8,11H2,1-6H3,(H,19,20)/t18-/m0/s1. The lowest BCUT2D eigenvalue weighted by Gasteiger charge is -2.27. The predicted octanol–water partition coefficient (Wildman–Crippen LogP) is 4.32. The molecule has 22 heavy (non-hydrogen) atoms. The first-order valence-corrected chi connectivity index (χ1v) is 8.05. The van der Waals surface area contributed by atoms with Crippen LogP contribution in [0.4, 0.5) is 5.69 Å². The number of carbonyl (C=O) groups is 1. The van der Waals surface area contributed by atoms with Crippen LogP contribution in [0.15, 0.2) is 18.2 Å². The third-order valence-electron chi connectivity index (χ3n) is 3.58. The van der Waals surface area contributed by atoms with Gasteiger partial charge in [0.1, 0.15) is 11.4 Å². The Labute approximate surface area is 134 Å². The molecule has 0 heterocycles. The van der Waals surface area contributed by atoms with Crippen LogP contribution in [0, 0.1) is 6.92 Å². The van der Waals surface area contributed by atoms with Crippen LogP contribution in [0.25, 0.3) is 0 Å². The summed E-state index contributed by atoms with van der Waals surface area (Å²) in [4.78, 5) is 12.5. The monoisotopic (exact) mass is 307 g/mol. The molecule has 0 fully saturated rings. The van der Waals surface area contributed by atoms with Crippen molar-refractivity contribution in [3.05, 3.63) is 23.8 Å². The van der Waals surface area contributed by atoms with Crippen LogP contribution in [0.1, 0.15) is 53.0 Å². The summed E-state index contributed by atoms with van der Waals surface area (Å²) in [7, 11) is 0. The highest BCUT2D eigenvalue weighted by atomic mass is 16.5. The lowest BCUT2D eigenvalue weighted by Crippen LogP contribution is -2.42. The number of anilines is 1. The molecule has 0 aliphatic rings. The van der Waals surface area contributed by atoms with Crippen molar-refractivity contribution in [2.75, 3.05) is 11.9 Å². The number of aryl methyl sites for hydroxylation is 1. The van der Waals surface area contributed by atoms with Gasteiger partial charge in [0.15, 0.2) is 0 Å². The normalized spacial score (nSPS) is 13.8. The van der Waals surface area contributed by atoms with Gasteiger partial charge in [0.25, 0.3) is 5.91 Å². The maximum atomic E-state index is 12.5. The minimum atomic E-state index is -0.795. The van der Waals surface area contributed by atoms with E-state index in [0.717, 1.165) is 23.4 Å². The van der Waals surface area contributed by atoms with Gasteiger partial charge in [-0.15, -0.1) is 0 Å². The zero-order valence-electron chi connectivity index (χ0n) is 14.7. The molecular weight excluding hydrogens is 278 g/mol. The molecule has 1 aromatic rings. The third kappa shape index (κ3) is 5.02. The maximum absolute atomic E-state index is 12.5. The highest BCUT2D eigenvalue weighted by Gasteiger charge is 2.32. The first kappa shape index (κ1) is 18.5. The summed E-state index contributed by atoms with van der Waals surface area (Å²) in [6, 6.07) is 5.67. The van der Waals surface area contributed by atoms with Crippen molar-refractivity contribution in [2.45, 2.75) is 66.1 Å². The van der Waals surface area contributed by atoms with Crippen molar-refractivity contribution in [2.24, 2.45) is 0 Å². The number of ether oxygens (including phenoxy) is 2. The molecule has 0 aliphatic heterocycles. The predicted molar refractivity (Wildman–Crippen MR) is 90.5 cm³/mol. The summed E-state index contributed by atoms with van der Waals surface area (Å²) in [5, 5.41) is 2.94. The molecule has 1 aromatic carbocycles. The minimum absolute atomic E-state index is 0.111. The molecule has 4 nitrogen and oxygen atoms in total. The van der Waals surface area contributed by atoms with Crippen molar-refractivity contribution in [1.29, 1.82) is 0 Å². The summed E-state index contributed by atoms with van der Waals surface area (Å²) in [5.74, 6) is 0.730. The second-order valence-electron chi connectivity index (χ2n) is 6.03. The fourth-order valence-corrected chi connectivity index (χ4v) is 2.03. The second kappa shape index (κ2) is 8.18. The molecule has 0 aromatic heterocycles. The maximum Gasteiger partial charge on any atom is 0.256 e. The highest BCUT2D eigenvalue weighted by molar-refractivity contribution is 5.97. The summed E-state index contributed by atoms with van der Waals surface area (Å²) in [6.45, 7) is 12.4. The van der Waals surface area contributed by atoms with Gasteiger partial charge in [-0.3, -0.25) is 4.79 Å². The Hall–Kier alpha value is -1.55. The summed E-state index contributed by atoms with van der Waals surface area (Å²) in [6.07, 6.45) is 1.65. The van der Waals surface area contributed by atoms with E-state index in [2.05, 4.69) is 5.32 Å². The fraction of sp³-hybridized carbons (Fsp3) is 0.611. The van der Waals surface area contributed by atoms with Crippen LogP contribution in [0.3, 0.4) is 0 Å². The minimum Gasteiger partial charge on any atom is -0.491 e. The van der Waals surface area contributed by atoms with Gasteiger partial charge in [0.2, 0.25) is 0 Å². The Morgan fingerprint density at radius 1 is 1.32 bits per heavy atom. The Morgan fingerprint density at radius 2 is 2.00 bits per heavy atom. The van der Waals surface area contributed by atoms with E-state index in [0.29, 0.717) is 13.0 Å². The molecule has 0 spiro atoms. The van der Waals surface area contributed by atoms with Gasteiger partial charge in [-0.05, 0) is 64.3 Å². The zero-order valence-corrected chi connectivity index (χ0v) is 14.7. The number of rotatable bonds is 8. The molecule has 0 unspecified atom stereocenters. The molecule has 124 valence electrons. The van der Waals surface area contributed by atoms with Crippen LogP contribution in [-0.2, 0) is 9.53 Å². The fourth-order valence-electron chi connectivity index (χ4n) is 2.03. The van der Waals surface area contributed by atoms with Gasteiger partial charge in [0, 0.05) is 12.3 Å². The molecule has 1 atom stereocenters. The first-order valence-electron chi connectivity index (χ1n) is 8.05. The Balaban J connectivity index is 2.81. The van der Waals surface area contributed by atoms with Crippen molar-refractivity contribution in [3.63, 3.8) is 0 Å². The average Bonchev–Trinajstić information content (AvgIpc) is 2.47. The van der Waals surface area contributed by atoms with Gasteiger partial charge in [0.05, 0.1) is 6.10 Å². The summed E-state index contributed by atoms with van der Waals surface area (Å²) in [5.41, 5.74) is 0.967. The van der Waals surface area contributed by atoms with Gasteiger partial charge < -0.3 is 14.8 Å². The number of amides is 1. The molecule has 0 saturated heterocycles. The molecular formula is C18H29NO3.